The molecule has 1 N–H and O–H groups in total. The number of aromatic amines is 1. The van der Waals surface area contributed by atoms with Crippen LogP contribution in [0.4, 0.5) is 5.95 Å². The van der Waals surface area contributed by atoms with E-state index in [0.717, 1.165) is 44.5 Å². The van der Waals surface area contributed by atoms with Crippen LogP contribution in [0.5, 0.6) is 0 Å². The van der Waals surface area contributed by atoms with Crippen LogP contribution in [0.3, 0.4) is 0 Å². The molecule has 0 bridgehead atoms. The van der Waals surface area contributed by atoms with E-state index in [1.165, 1.54) is 38.4 Å². The molecule has 0 aromatic carbocycles. The van der Waals surface area contributed by atoms with Crippen molar-refractivity contribution in [3.8, 4) is 0 Å². The first-order valence-electron chi connectivity index (χ1n) is 12.4. The Hall–Kier alpha value is -1.94. The van der Waals surface area contributed by atoms with Crippen LogP contribution in [0.25, 0.3) is 11.0 Å². The summed E-state index contributed by atoms with van der Waals surface area (Å²) in [5.41, 5.74) is 1.97. The summed E-state index contributed by atoms with van der Waals surface area (Å²) in [7, 11) is -1.34. The molecule has 10 heteroatoms. The largest absolute Gasteiger partial charge is 0.342 e. The van der Waals surface area contributed by atoms with Crippen LogP contribution in [0.1, 0.15) is 64.0 Å². The van der Waals surface area contributed by atoms with E-state index >= 15 is 0 Å². The lowest BCUT2D eigenvalue weighted by atomic mass is 9.88. The highest BCUT2D eigenvalue weighted by molar-refractivity contribution is 7.88. The minimum Gasteiger partial charge on any atom is -0.342 e. The summed E-state index contributed by atoms with van der Waals surface area (Å²) in [6, 6.07) is 0. The van der Waals surface area contributed by atoms with Gasteiger partial charge in [-0.3, -0.25) is 14.5 Å². The molecule has 9 nitrogen and oxygen atoms in total. The molecule has 1 saturated heterocycles. The third kappa shape index (κ3) is 5.59. The number of H-pyrrole nitrogens is 1. The summed E-state index contributed by atoms with van der Waals surface area (Å²) in [6.45, 7) is 4.89. The fraction of sp³-hybridized carbons (Fsp3) is 0.783. The predicted octanol–water partition coefficient (Wildman–Crippen LogP) is 2.67. The summed E-state index contributed by atoms with van der Waals surface area (Å²) >= 11 is 0. The molecule has 1 aliphatic heterocycles. The highest BCUT2D eigenvalue weighted by Gasteiger charge is 2.28. The lowest BCUT2D eigenvalue weighted by Gasteiger charge is -2.36. The van der Waals surface area contributed by atoms with Crippen LogP contribution < -0.4 is 10.5 Å². The Morgan fingerprint density at radius 1 is 1.06 bits per heavy atom. The van der Waals surface area contributed by atoms with Crippen molar-refractivity contribution in [2.24, 2.45) is 18.9 Å². The van der Waals surface area contributed by atoms with E-state index in [2.05, 4.69) is 21.9 Å². The molecule has 1 saturated carbocycles. The van der Waals surface area contributed by atoms with Gasteiger partial charge in [-0.05, 0) is 43.9 Å². The van der Waals surface area contributed by atoms with Crippen molar-refractivity contribution < 1.29 is 8.42 Å². The summed E-state index contributed by atoms with van der Waals surface area (Å²) in [5, 5.41) is 4.56. The van der Waals surface area contributed by atoms with Crippen molar-refractivity contribution in [3.63, 3.8) is 0 Å². The van der Waals surface area contributed by atoms with Gasteiger partial charge >= 0.3 is 0 Å². The third-order valence-corrected chi connectivity index (χ3v) is 8.56. The van der Waals surface area contributed by atoms with Gasteiger partial charge in [0, 0.05) is 33.2 Å². The molecule has 0 unspecified atom stereocenters. The van der Waals surface area contributed by atoms with Gasteiger partial charge in [-0.2, -0.15) is 5.10 Å². The van der Waals surface area contributed by atoms with Gasteiger partial charge in [0.1, 0.15) is 5.52 Å². The van der Waals surface area contributed by atoms with Gasteiger partial charge in [0.25, 0.3) is 5.56 Å². The zero-order chi connectivity index (χ0) is 23.6. The second kappa shape index (κ2) is 10.1. The predicted molar refractivity (Wildman–Crippen MR) is 131 cm³/mol. The maximum absolute atomic E-state index is 13.0. The number of aryl methyl sites for hydroxylation is 2. The summed E-state index contributed by atoms with van der Waals surface area (Å²) in [4.78, 5) is 23.3. The molecule has 4 rings (SSSR count). The highest BCUT2D eigenvalue weighted by atomic mass is 32.2. The number of aromatic nitrogens is 4. The molecule has 2 aromatic rings. The van der Waals surface area contributed by atoms with Crippen LogP contribution in [0.2, 0.25) is 0 Å². The third-order valence-electron chi connectivity index (χ3n) is 7.26. The average Bonchev–Trinajstić information content (AvgIpc) is 3.10. The molecule has 184 valence electrons. The Kier molecular flexibility index (Phi) is 7.43. The maximum atomic E-state index is 13.0. The van der Waals surface area contributed by atoms with Crippen molar-refractivity contribution in [1.29, 1.82) is 0 Å². The number of sulfonamides is 1. The van der Waals surface area contributed by atoms with Crippen LogP contribution in [-0.2, 0) is 23.5 Å². The van der Waals surface area contributed by atoms with Gasteiger partial charge in [-0.1, -0.05) is 32.6 Å². The number of anilines is 1. The lowest BCUT2D eigenvalue weighted by molar-refractivity contribution is 0.270. The number of nitrogens with one attached hydrogen (secondary N) is 1. The number of hydrogen-bond acceptors (Lipinski definition) is 6. The maximum Gasteiger partial charge on any atom is 0.278 e. The number of rotatable bonds is 8. The molecule has 3 heterocycles. The second-order valence-corrected chi connectivity index (χ2v) is 11.9. The van der Waals surface area contributed by atoms with Gasteiger partial charge in [0.15, 0.2) is 5.52 Å². The molecule has 2 aliphatic rings. The van der Waals surface area contributed by atoms with E-state index in [1.54, 1.807) is 16.0 Å². The Morgan fingerprint density at radius 3 is 2.30 bits per heavy atom. The van der Waals surface area contributed by atoms with Crippen molar-refractivity contribution in [2.45, 2.75) is 64.7 Å². The van der Waals surface area contributed by atoms with E-state index in [9.17, 15) is 13.2 Å². The molecule has 0 radical (unpaired) electrons. The normalized spacial score (nSPS) is 19.4. The quantitative estimate of drug-likeness (QED) is 0.626. The number of fused-ring (bicyclic) bond motifs is 1. The van der Waals surface area contributed by atoms with Crippen molar-refractivity contribution in [1.82, 2.24) is 24.1 Å². The zero-order valence-corrected chi connectivity index (χ0v) is 21.0. The summed E-state index contributed by atoms with van der Waals surface area (Å²) in [5.74, 6) is 1.60. The first-order valence-corrected chi connectivity index (χ1v) is 14.3. The summed E-state index contributed by atoms with van der Waals surface area (Å²) < 4.78 is 27.0. The van der Waals surface area contributed by atoms with E-state index in [4.69, 9.17) is 4.98 Å². The second-order valence-electron chi connectivity index (χ2n) is 9.92. The van der Waals surface area contributed by atoms with Gasteiger partial charge in [0.2, 0.25) is 16.0 Å². The fourth-order valence-corrected chi connectivity index (χ4v) is 6.33. The van der Waals surface area contributed by atoms with E-state index in [-0.39, 0.29) is 5.56 Å². The number of nitrogens with zero attached hydrogens (tertiary/aromatic N) is 5. The van der Waals surface area contributed by atoms with Gasteiger partial charge in [0.05, 0.1) is 11.9 Å². The molecule has 0 amide bonds. The lowest BCUT2D eigenvalue weighted by Crippen LogP contribution is -2.43. The first kappa shape index (κ1) is 24.2. The Labute approximate surface area is 196 Å². The Bertz CT molecular complexity index is 1110. The molecule has 0 atom stereocenters. The summed E-state index contributed by atoms with van der Waals surface area (Å²) in [6.07, 6.45) is 10.9. The first-order chi connectivity index (χ1) is 15.8. The van der Waals surface area contributed by atoms with Crippen molar-refractivity contribution in [2.75, 3.05) is 37.3 Å². The van der Waals surface area contributed by atoms with Crippen molar-refractivity contribution in [3.05, 3.63) is 16.0 Å². The van der Waals surface area contributed by atoms with Gasteiger partial charge < -0.3 is 4.90 Å². The smallest absolute Gasteiger partial charge is 0.278 e. The van der Waals surface area contributed by atoms with Crippen LogP contribution in [0, 0.1) is 11.8 Å². The van der Waals surface area contributed by atoms with Crippen LogP contribution >= 0.6 is 0 Å². The average molecular weight is 479 g/mol. The van der Waals surface area contributed by atoms with E-state index in [0.29, 0.717) is 41.9 Å². The molecule has 1 aliphatic carbocycles. The van der Waals surface area contributed by atoms with Crippen LogP contribution in [0.15, 0.2) is 4.79 Å². The van der Waals surface area contributed by atoms with E-state index < -0.39 is 10.0 Å². The zero-order valence-electron chi connectivity index (χ0n) is 20.2. The monoisotopic (exact) mass is 478 g/mol. The highest BCUT2D eigenvalue weighted by Crippen LogP contribution is 2.28. The minimum atomic E-state index is -3.14. The number of piperidine rings is 1. The molecule has 2 fully saturated rings. The molecule has 2 aromatic heterocycles. The topological polar surface area (TPSA) is 104 Å². The Morgan fingerprint density at radius 2 is 1.70 bits per heavy atom. The molecular formula is C23H38N6O3S. The molecular weight excluding hydrogens is 440 g/mol. The van der Waals surface area contributed by atoms with Crippen LogP contribution in [-0.4, -0.2) is 64.9 Å². The molecule has 33 heavy (non-hydrogen) atoms. The standard InChI is InChI=1S/C23H38N6O3S/c1-4-8-19-20-21(27(2)26-19)22(30)25-23(24-20)28(15-17-9-6-5-7-10-17)16-18-11-13-29(14-12-18)33(3,31)32/h17-18H,4-16H2,1-3H3,(H,24,25,30). The fourth-order valence-electron chi connectivity index (χ4n) is 5.45. The Balaban J connectivity index is 1.61. The minimum absolute atomic E-state index is 0.145. The van der Waals surface area contributed by atoms with Gasteiger partial charge in [-0.15, -0.1) is 0 Å². The van der Waals surface area contributed by atoms with E-state index in [1.807, 2.05) is 0 Å². The SMILES string of the molecule is CCCc1nn(C)c2c(=O)[nH]c(N(CC3CCCCC3)CC3CCN(S(C)(=O)=O)CC3)nc12. The van der Waals surface area contributed by atoms with Crippen molar-refractivity contribution >= 4 is 27.0 Å². The number of hydrogen-bond donors (Lipinski definition) is 1. The van der Waals surface area contributed by atoms with Gasteiger partial charge in [-0.25, -0.2) is 17.7 Å². The molecule has 0 spiro atoms.